The van der Waals surface area contributed by atoms with Crippen molar-refractivity contribution < 1.29 is 51.3 Å². The summed E-state index contributed by atoms with van der Waals surface area (Å²) in [4.78, 5) is 62.7. The number of rotatable bonds is 11. The molecule has 2 aliphatic carbocycles. The third-order valence-corrected chi connectivity index (χ3v) is 13.9. The van der Waals surface area contributed by atoms with Crippen molar-refractivity contribution in [2.24, 2.45) is 17.8 Å². The van der Waals surface area contributed by atoms with Crippen molar-refractivity contribution in [3.05, 3.63) is 36.5 Å². The molecular weight excluding hydrogens is 783 g/mol. The van der Waals surface area contributed by atoms with Gasteiger partial charge in [0.05, 0.1) is 31.2 Å². The van der Waals surface area contributed by atoms with Gasteiger partial charge >= 0.3 is 6.09 Å². The first-order valence-electron chi connectivity index (χ1n) is 20.4. The minimum atomic E-state index is -4.02. The van der Waals surface area contributed by atoms with E-state index in [4.69, 9.17) is 23.7 Å². The fourth-order valence-corrected chi connectivity index (χ4v) is 9.24. The Morgan fingerprint density at radius 2 is 1.81 bits per heavy atom. The zero-order chi connectivity index (χ0) is 42.9. The molecule has 6 rings (SSSR count). The molecular formula is C42H59N5O11S. The van der Waals surface area contributed by atoms with Crippen molar-refractivity contribution in [1.29, 1.82) is 0 Å². The number of allylic oxidation sites excluding steroid dienone is 1. The Bertz CT molecular complexity index is 2070. The molecule has 1 saturated heterocycles. The first-order valence-corrected chi connectivity index (χ1v) is 21.9. The Hall–Kier alpha value is -4.64. The molecule has 1 aromatic carbocycles. The van der Waals surface area contributed by atoms with Crippen LogP contribution in [0.4, 0.5) is 4.79 Å². The Morgan fingerprint density at radius 3 is 2.49 bits per heavy atom. The zero-order valence-electron chi connectivity index (χ0n) is 35.3. The second-order valence-electron chi connectivity index (χ2n) is 17.8. The van der Waals surface area contributed by atoms with Crippen molar-refractivity contribution in [2.45, 2.75) is 121 Å². The molecule has 4 amide bonds. The molecule has 3 N–H and O–H groups in total. The van der Waals surface area contributed by atoms with Crippen LogP contribution in [-0.2, 0) is 33.9 Å². The number of nitrogens with one attached hydrogen (secondary N) is 3. The highest BCUT2D eigenvalue weighted by Gasteiger charge is 2.63. The molecule has 4 aliphatic rings. The van der Waals surface area contributed by atoms with Gasteiger partial charge < -0.3 is 39.2 Å². The molecule has 3 fully saturated rings. The lowest BCUT2D eigenvalue weighted by atomic mass is 9.88. The van der Waals surface area contributed by atoms with Crippen LogP contribution in [0.2, 0.25) is 0 Å². The molecule has 0 radical (unpaired) electrons. The summed E-state index contributed by atoms with van der Waals surface area (Å²) < 4.78 is 56.4. The summed E-state index contributed by atoms with van der Waals surface area (Å²) in [7, 11) is -0.889. The van der Waals surface area contributed by atoms with Gasteiger partial charge in [-0.05, 0) is 96.3 Å². The summed E-state index contributed by atoms with van der Waals surface area (Å²) in [6.07, 6.45) is 6.84. The van der Waals surface area contributed by atoms with E-state index in [9.17, 15) is 27.6 Å². The highest BCUT2D eigenvalue weighted by molar-refractivity contribution is 7.91. The summed E-state index contributed by atoms with van der Waals surface area (Å²) in [6, 6.07) is 3.10. The van der Waals surface area contributed by atoms with Crippen molar-refractivity contribution >= 4 is 44.6 Å². The maximum atomic E-state index is 14.9. The number of ether oxygens (including phenoxy) is 5. The van der Waals surface area contributed by atoms with Gasteiger partial charge in [-0.15, -0.1) is 0 Å². The number of alkyl carbamates (subject to hydrolysis) is 1. The summed E-state index contributed by atoms with van der Waals surface area (Å²) >= 11 is 0. The van der Waals surface area contributed by atoms with E-state index >= 15 is 0 Å². The van der Waals surface area contributed by atoms with Crippen LogP contribution in [0, 0.1) is 17.8 Å². The Balaban J connectivity index is 1.35. The second-order valence-corrected chi connectivity index (χ2v) is 20.0. The standard InChI is InChI=1S/C42H59N5O11S/c1-25-11-9-10-12-27-22-42(27,38(50)46-59(52,53)41(6)15-16-41)45-35(48)32-21-29(24-47(32)37(49)34(26(2)19-25)44-39(51)58-40(3,4)5)57-36-30-14-13-28(55-8)20-31(30)33(23-43-36)56-18-17-54-7/h10,12-14,20,23,25-27,29,32,34H,9,11,15-19,21-22,24H2,1-8H3,(H,44,51)(H,45,48)(H,46,50)/b12-10-/t25-,26+,27+,29+,32-,34-,42+/m0/s1. The quantitative estimate of drug-likeness (QED) is 0.213. The molecule has 16 nitrogen and oxygen atoms in total. The average molecular weight is 842 g/mol. The van der Waals surface area contributed by atoms with Gasteiger partial charge in [0.2, 0.25) is 27.7 Å². The molecule has 3 heterocycles. The van der Waals surface area contributed by atoms with Crippen molar-refractivity contribution in [3.8, 4) is 17.4 Å². The SMILES string of the molecule is COCCOc1cnc(O[C@@H]2C[C@H]3C(=O)N[C@]4(C(=O)NS(=O)(=O)C5(C)CC5)C[C@H]4/C=C\CC[C@H](C)C[C@@H](C)[C@H](NC(=O)OC(C)(C)C)C(=O)N3C2)c2ccc(OC)cc12. The summed E-state index contributed by atoms with van der Waals surface area (Å²) in [6.45, 7) is 11.3. The predicted octanol–water partition coefficient (Wildman–Crippen LogP) is 4.40. The second kappa shape index (κ2) is 17.1. The number of aromatic nitrogens is 1. The fraction of sp³-hybridized carbons (Fsp3) is 0.643. The van der Waals surface area contributed by atoms with E-state index in [1.165, 1.54) is 11.1 Å². The Kier molecular flexibility index (Phi) is 12.8. The molecule has 2 saturated carbocycles. The molecule has 2 aliphatic heterocycles. The smallest absolute Gasteiger partial charge is 0.408 e. The molecule has 2 aromatic rings. The third kappa shape index (κ3) is 9.88. The molecule has 7 atom stereocenters. The Labute approximate surface area is 346 Å². The number of amides is 4. The van der Waals surface area contributed by atoms with Gasteiger partial charge in [-0.1, -0.05) is 26.0 Å². The third-order valence-electron chi connectivity index (χ3n) is 11.8. The lowest BCUT2D eigenvalue weighted by Crippen LogP contribution is -2.59. The van der Waals surface area contributed by atoms with Gasteiger partial charge in [-0.25, -0.2) is 18.2 Å². The van der Waals surface area contributed by atoms with E-state index in [0.717, 1.165) is 6.42 Å². The summed E-state index contributed by atoms with van der Waals surface area (Å²) in [5, 5.41) is 6.98. The normalized spacial score (nSPS) is 28.8. The van der Waals surface area contributed by atoms with Gasteiger partial charge in [0.25, 0.3) is 5.91 Å². The first-order chi connectivity index (χ1) is 27.8. The number of nitrogens with zero attached hydrogens (tertiary/aromatic N) is 2. The average Bonchev–Trinajstić information content (AvgIpc) is 4.05. The number of hydrogen-bond acceptors (Lipinski definition) is 12. The number of hydrogen-bond donors (Lipinski definition) is 3. The van der Waals surface area contributed by atoms with Crippen LogP contribution in [0.25, 0.3) is 10.8 Å². The van der Waals surface area contributed by atoms with Crippen molar-refractivity contribution in [1.82, 2.24) is 25.2 Å². The molecule has 17 heteroatoms. The maximum absolute atomic E-state index is 14.9. The number of carbonyl (C=O) groups excluding carboxylic acids is 4. The first kappa shape index (κ1) is 43.9. The zero-order valence-corrected chi connectivity index (χ0v) is 36.1. The van der Waals surface area contributed by atoms with Crippen molar-refractivity contribution in [2.75, 3.05) is 34.0 Å². The minimum Gasteiger partial charge on any atom is -0.497 e. The van der Waals surface area contributed by atoms with Crippen LogP contribution >= 0.6 is 0 Å². The van der Waals surface area contributed by atoms with Gasteiger partial charge in [0.15, 0.2) is 0 Å². The van der Waals surface area contributed by atoms with Crippen LogP contribution in [0.15, 0.2) is 36.5 Å². The van der Waals surface area contributed by atoms with Gasteiger partial charge in [-0.3, -0.25) is 19.1 Å². The molecule has 0 spiro atoms. The number of carbonyl (C=O) groups is 4. The van der Waals surface area contributed by atoms with E-state index in [1.54, 1.807) is 60.1 Å². The maximum Gasteiger partial charge on any atom is 0.408 e. The predicted molar refractivity (Wildman–Crippen MR) is 218 cm³/mol. The number of sulfonamides is 1. The monoisotopic (exact) mass is 841 g/mol. The summed E-state index contributed by atoms with van der Waals surface area (Å²) in [5.41, 5.74) is -2.39. The van der Waals surface area contributed by atoms with E-state index in [0.29, 0.717) is 54.6 Å². The van der Waals surface area contributed by atoms with E-state index in [-0.39, 0.29) is 43.7 Å². The van der Waals surface area contributed by atoms with E-state index in [1.807, 2.05) is 19.1 Å². The number of pyridine rings is 1. The number of benzene rings is 1. The number of fused-ring (bicyclic) bond motifs is 3. The van der Waals surface area contributed by atoms with E-state index < -0.39 is 73.8 Å². The minimum absolute atomic E-state index is 0.00150. The lowest BCUT2D eigenvalue weighted by molar-refractivity contribution is -0.142. The van der Waals surface area contributed by atoms with Crippen LogP contribution in [0.3, 0.4) is 0 Å². The highest BCUT2D eigenvalue weighted by atomic mass is 32.2. The molecule has 324 valence electrons. The lowest BCUT2D eigenvalue weighted by Gasteiger charge is -2.33. The number of methoxy groups -OCH3 is 2. The Morgan fingerprint density at radius 1 is 1.07 bits per heavy atom. The van der Waals surface area contributed by atoms with Gasteiger partial charge in [-0.2, -0.15) is 0 Å². The van der Waals surface area contributed by atoms with Gasteiger partial charge in [0, 0.05) is 30.2 Å². The molecule has 0 bridgehead atoms. The van der Waals surface area contributed by atoms with Gasteiger partial charge in [0.1, 0.15) is 47.4 Å². The fourth-order valence-electron chi connectivity index (χ4n) is 7.93. The van der Waals surface area contributed by atoms with E-state index in [2.05, 4.69) is 27.3 Å². The highest BCUT2D eigenvalue weighted by Crippen LogP contribution is 2.48. The topological polar surface area (TPSA) is 201 Å². The van der Waals surface area contributed by atoms with Crippen LogP contribution in [0.5, 0.6) is 17.4 Å². The van der Waals surface area contributed by atoms with Crippen molar-refractivity contribution in [3.63, 3.8) is 0 Å². The van der Waals surface area contributed by atoms with Crippen LogP contribution in [0.1, 0.15) is 86.5 Å². The van der Waals surface area contributed by atoms with Crippen LogP contribution < -0.4 is 29.6 Å². The summed E-state index contributed by atoms with van der Waals surface area (Å²) in [5.74, 6) is -1.39. The largest absolute Gasteiger partial charge is 0.497 e. The molecule has 0 unspecified atom stereocenters. The molecule has 59 heavy (non-hydrogen) atoms. The van der Waals surface area contributed by atoms with Crippen LogP contribution in [-0.4, -0.2) is 110 Å². The molecule has 1 aromatic heterocycles.